The average molecular weight is 219 g/mol. The fraction of sp³-hybridized carbons (Fsp3) is 0.538. The SMILES string of the molecule is Cc1ccc(C(=O)C2(O)CCCCC2)cn1. The highest BCUT2D eigenvalue weighted by atomic mass is 16.3. The molecule has 0 saturated heterocycles. The fourth-order valence-corrected chi connectivity index (χ4v) is 2.23. The van der Waals surface area contributed by atoms with Crippen LogP contribution in [0.4, 0.5) is 0 Å². The van der Waals surface area contributed by atoms with Gasteiger partial charge in [0.25, 0.3) is 0 Å². The van der Waals surface area contributed by atoms with Crippen molar-refractivity contribution in [3.63, 3.8) is 0 Å². The van der Waals surface area contributed by atoms with Crippen molar-refractivity contribution >= 4 is 5.78 Å². The summed E-state index contributed by atoms with van der Waals surface area (Å²) in [4.78, 5) is 16.2. The molecule has 1 N–H and O–H groups in total. The van der Waals surface area contributed by atoms with Gasteiger partial charge in [-0.1, -0.05) is 19.3 Å². The van der Waals surface area contributed by atoms with Gasteiger partial charge in [-0.3, -0.25) is 9.78 Å². The third-order valence-corrected chi connectivity index (χ3v) is 3.28. The standard InChI is InChI=1S/C13H17NO2/c1-10-5-6-11(9-14-10)12(15)13(16)7-3-2-4-8-13/h5-6,9,16H,2-4,7-8H2,1H3. The number of carbonyl (C=O) groups is 1. The zero-order valence-corrected chi connectivity index (χ0v) is 9.57. The van der Waals surface area contributed by atoms with Crippen LogP contribution < -0.4 is 0 Å². The maximum Gasteiger partial charge on any atom is 0.195 e. The van der Waals surface area contributed by atoms with Crippen LogP contribution in [0.5, 0.6) is 0 Å². The maximum atomic E-state index is 12.1. The normalized spacial score (nSPS) is 19.4. The molecule has 86 valence electrons. The quantitative estimate of drug-likeness (QED) is 0.776. The number of aliphatic hydroxyl groups is 1. The van der Waals surface area contributed by atoms with Gasteiger partial charge in [0, 0.05) is 17.5 Å². The summed E-state index contributed by atoms with van der Waals surface area (Å²) in [5, 5.41) is 10.3. The molecule has 3 nitrogen and oxygen atoms in total. The van der Waals surface area contributed by atoms with E-state index in [1.165, 1.54) is 0 Å². The molecule has 1 aromatic heterocycles. The Kier molecular flexibility index (Phi) is 3.06. The molecular weight excluding hydrogens is 202 g/mol. The van der Waals surface area contributed by atoms with Crippen LogP contribution in [0.2, 0.25) is 0 Å². The number of rotatable bonds is 2. The van der Waals surface area contributed by atoms with E-state index in [1.54, 1.807) is 18.3 Å². The van der Waals surface area contributed by atoms with Gasteiger partial charge in [-0.15, -0.1) is 0 Å². The number of aromatic nitrogens is 1. The summed E-state index contributed by atoms with van der Waals surface area (Å²) in [6.07, 6.45) is 5.70. The van der Waals surface area contributed by atoms with Gasteiger partial charge in [0.2, 0.25) is 0 Å². The minimum absolute atomic E-state index is 0.167. The highest BCUT2D eigenvalue weighted by molar-refractivity contribution is 6.02. The molecule has 0 radical (unpaired) electrons. The predicted octanol–water partition coefficient (Wildman–Crippen LogP) is 2.27. The predicted molar refractivity (Wildman–Crippen MR) is 61.3 cm³/mol. The van der Waals surface area contributed by atoms with Gasteiger partial charge in [0.1, 0.15) is 5.60 Å². The molecule has 0 atom stereocenters. The summed E-state index contributed by atoms with van der Waals surface area (Å²) in [6.45, 7) is 1.88. The fourth-order valence-electron chi connectivity index (χ4n) is 2.23. The van der Waals surface area contributed by atoms with Crippen molar-refractivity contribution in [1.29, 1.82) is 0 Å². The van der Waals surface area contributed by atoms with Crippen molar-refractivity contribution in [3.05, 3.63) is 29.6 Å². The molecule has 1 aliphatic carbocycles. The van der Waals surface area contributed by atoms with E-state index in [0.717, 1.165) is 25.0 Å². The lowest BCUT2D eigenvalue weighted by Crippen LogP contribution is -2.40. The van der Waals surface area contributed by atoms with E-state index in [4.69, 9.17) is 0 Å². The highest BCUT2D eigenvalue weighted by Gasteiger charge is 2.37. The van der Waals surface area contributed by atoms with Crippen molar-refractivity contribution < 1.29 is 9.90 Å². The zero-order valence-electron chi connectivity index (χ0n) is 9.57. The Bertz CT molecular complexity index is 377. The molecule has 0 bridgehead atoms. The molecule has 0 unspecified atom stereocenters. The first-order chi connectivity index (χ1) is 7.62. The Morgan fingerprint density at radius 1 is 1.31 bits per heavy atom. The van der Waals surface area contributed by atoms with Crippen molar-refractivity contribution in [2.45, 2.75) is 44.6 Å². The van der Waals surface area contributed by atoms with Crippen LogP contribution in [0.1, 0.15) is 48.2 Å². The second kappa shape index (κ2) is 4.34. The Hall–Kier alpha value is -1.22. The van der Waals surface area contributed by atoms with Crippen LogP contribution in [0.3, 0.4) is 0 Å². The highest BCUT2D eigenvalue weighted by Crippen LogP contribution is 2.30. The van der Waals surface area contributed by atoms with Crippen LogP contribution in [-0.4, -0.2) is 21.5 Å². The van der Waals surface area contributed by atoms with Gasteiger partial charge in [-0.2, -0.15) is 0 Å². The molecule has 1 heterocycles. The molecule has 1 fully saturated rings. The molecule has 0 amide bonds. The molecule has 0 aliphatic heterocycles. The van der Waals surface area contributed by atoms with E-state index in [0.29, 0.717) is 18.4 Å². The molecular formula is C13H17NO2. The van der Waals surface area contributed by atoms with E-state index in [9.17, 15) is 9.90 Å². The number of nitrogens with zero attached hydrogens (tertiary/aromatic N) is 1. The van der Waals surface area contributed by atoms with Gasteiger partial charge in [-0.05, 0) is 31.9 Å². The van der Waals surface area contributed by atoms with E-state index in [2.05, 4.69) is 4.98 Å². The Morgan fingerprint density at radius 2 is 2.00 bits per heavy atom. The van der Waals surface area contributed by atoms with E-state index < -0.39 is 5.60 Å². The van der Waals surface area contributed by atoms with Gasteiger partial charge in [0.15, 0.2) is 5.78 Å². The molecule has 1 aromatic rings. The van der Waals surface area contributed by atoms with E-state index in [-0.39, 0.29) is 5.78 Å². The first kappa shape index (κ1) is 11.3. The van der Waals surface area contributed by atoms with E-state index >= 15 is 0 Å². The van der Waals surface area contributed by atoms with Crippen LogP contribution in [0.25, 0.3) is 0 Å². The van der Waals surface area contributed by atoms with Crippen LogP contribution >= 0.6 is 0 Å². The van der Waals surface area contributed by atoms with Crippen molar-refractivity contribution in [3.8, 4) is 0 Å². The number of hydrogen-bond donors (Lipinski definition) is 1. The second-order valence-corrected chi connectivity index (χ2v) is 4.61. The summed E-state index contributed by atoms with van der Waals surface area (Å²) in [7, 11) is 0. The van der Waals surface area contributed by atoms with Crippen molar-refractivity contribution in [2.24, 2.45) is 0 Å². The summed E-state index contributed by atoms with van der Waals surface area (Å²) in [6, 6.07) is 3.55. The Balaban J connectivity index is 2.20. The first-order valence-electron chi connectivity index (χ1n) is 5.82. The minimum atomic E-state index is -1.14. The largest absolute Gasteiger partial charge is 0.382 e. The summed E-state index contributed by atoms with van der Waals surface area (Å²) >= 11 is 0. The number of aryl methyl sites for hydroxylation is 1. The number of Topliss-reactive ketones (excluding diaryl/α,β-unsaturated/α-hetero) is 1. The summed E-state index contributed by atoms with van der Waals surface area (Å²) < 4.78 is 0. The number of ketones is 1. The van der Waals surface area contributed by atoms with Crippen LogP contribution in [-0.2, 0) is 0 Å². The molecule has 1 aliphatic rings. The smallest absolute Gasteiger partial charge is 0.195 e. The summed E-state index contributed by atoms with van der Waals surface area (Å²) in [5.74, 6) is -0.167. The second-order valence-electron chi connectivity index (χ2n) is 4.61. The van der Waals surface area contributed by atoms with Crippen LogP contribution in [0, 0.1) is 6.92 Å². The third-order valence-electron chi connectivity index (χ3n) is 3.28. The molecule has 0 aromatic carbocycles. The lowest BCUT2D eigenvalue weighted by atomic mass is 9.80. The number of pyridine rings is 1. The van der Waals surface area contributed by atoms with Gasteiger partial charge < -0.3 is 5.11 Å². The lowest BCUT2D eigenvalue weighted by Gasteiger charge is -2.30. The molecule has 2 rings (SSSR count). The van der Waals surface area contributed by atoms with Crippen molar-refractivity contribution in [2.75, 3.05) is 0 Å². The topological polar surface area (TPSA) is 50.2 Å². The summed E-state index contributed by atoms with van der Waals surface area (Å²) in [5.41, 5.74) is 0.261. The van der Waals surface area contributed by atoms with Gasteiger partial charge in [-0.25, -0.2) is 0 Å². The first-order valence-corrected chi connectivity index (χ1v) is 5.82. The molecule has 1 saturated carbocycles. The number of carbonyl (C=O) groups excluding carboxylic acids is 1. The van der Waals surface area contributed by atoms with Crippen LogP contribution in [0.15, 0.2) is 18.3 Å². The van der Waals surface area contributed by atoms with Crippen molar-refractivity contribution in [1.82, 2.24) is 4.98 Å². The monoisotopic (exact) mass is 219 g/mol. The Morgan fingerprint density at radius 3 is 2.56 bits per heavy atom. The molecule has 0 spiro atoms. The lowest BCUT2D eigenvalue weighted by molar-refractivity contribution is 0.0116. The van der Waals surface area contributed by atoms with Gasteiger partial charge >= 0.3 is 0 Å². The van der Waals surface area contributed by atoms with Gasteiger partial charge in [0.05, 0.1) is 0 Å². The zero-order chi connectivity index (χ0) is 11.6. The minimum Gasteiger partial charge on any atom is -0.382 e. The maximum absolute atomic E-state index is 12.1. The average Bonchev–Trinajstić information content (AvgIpc) is 2.30. The molecule has 16 heavy (non-hydrogen) atoms. The number of hydrogen-bond acceptors (Lipinski definition) is 3. The molecule has 3 heteroatoms. The third kappa shape index (κ3) is 2.14. The van der Waals surface area contributed by atoms with E-state index in [1.807, 2.05) is 6.92 Å². The Labute approximate surface area is 95.5 Å².